The highest BCUT2D eigenvalue weighted by molar-refractivity contribution is 7.18. The molecular weight excluding hydrogens is 292 g/mol. The van der Waals surface area contributed by atoms with Gasteiger partial charge in [-0.2, -0.15) is 0 Å². The SMILES string of the molecule is CC(=O)C(C)n1cnc2sc3c(c2c1=O)C(C(=O)O)CC3. The number of rotatable bonds is 3. The van der Waals surface area contributed by atoms with E-state index in [0.29, 0.717) is 28.6 Å². The molecule has 1 N–H and O–H groups in total. The Bertz CT molecular complexity index is 820. The average Bonchev–Trinajstić information content (AvgIpc) is 2.96. The van der Waals surface area contributed by atoms with Crippen LogP contribution in [-0.4, -0.2) is 26.4 Å². The van der Waals surface area contributed by atoms with Crippen LogP contribution in [0.4, 0.5) is 0 Å². The number of aryl methyl sites for hydroxylation is 1. The number of nitrogens with zero attached hydrogens (tertiary/aromatic N) is 2. The highest BCUT2D eigenvalue weighted by Gasteiger charge is 2.34. The van der Waals surface area contributed by atoms with Crippen LogP contribution in [0, 0.1) is 0 Å². The maximum Gasteiger partial charge on any atom is 0.311 e. The standard InChI is InChI=1S/C14H14N2O4S/c1-6(7(2)17)16-5-15-12-11(13(16)18)10-8(14(19)20)3-4-9(10)21-12/h5-6,8H,3-4H2,1-2H3,(H,19,20). The summed E-state index contributed by atoms with van der Waals surface area (Å²) in [6.45, 7) is 3.05. The number of aliphatic carboxylic acids is 1. The molecule has 0 aromatic carbocycles. The summed E-state index contributed by atoms with van der Waals surface area (Å²) in [6.07, 6.45) is 2.55. The van der Waals surface area contributed by atoms with E-state index in [-0.39, 0.29) is 11.3 Å². The van der Waals surface area contributed by atoms with E-state index >= 15 is 0 Å². The molecule has 0 fully saturated rings. The van der Waals surface area contributed by atoms with Crippen molar-refractivity contribution in [2.75, 3.05) is 0 Å². The summed E-state index contributed by atoms with van der Waals surface area (Å²) in [7, 11) is 0. The maximum atomic E-state index is 12.6. The Kier molecular flexibility index (Phi) is 3.16. The van der Waals surface area contributed by atoms with E-state index in [4.69, 9.17) is 0 Å². The van der Waals surface area contributed by atoms with E-state index in [1.165, 1.54) is 29.2 Å². The minimum Gasteiger partial charge on any atom is -0.481 e. The lowest BCUT2D eigenvalue weighted by molar-refractivity contribution is -0.138. The minimum atomic E-state index is -0.914. The monoisotopic (exact) mass is 306 g/mol. The highest BCUT2D eigenvalue weighted by Crippen LogP contribution is 2.42. The first kappa shape index (κ1) is 13.9. The molecule has 2 aromatic rings. The van der Waals surface area contributed by atoms with Gasteiger partial charge in [-0.3, -0.25) is 19.0 Å². The summed E-state index contributed by atoms with van der Waals surface area (Å²) in [5, 5.41) is 9.69. The van der Waals surface area contributed by atoms with Crippen LogP contribution in [0.15, 0.2) is 11.1 Å². The zero-order valence-corrected chi connectivity index (χ0v) is 12.4. The second-order valence-corrected chi connectivity index (χ2v) is 6.38. The molecule has 0 radical (unpaired) electrons. The topological polar surface area (TPSA) is 89.3 Å². The van der Waals surface area contributed by atoms with Crippen LogP contribution in [0.1, 0.15) is 42.7 Å². The number of hydrogen-bond acceptors (Lipinski definition) is 5. The third-order valence-electron chi connectivity index (χ3n) is 4.06. The molecule has 2 atom stereocenters. The van der Waals surface area contributed by atoms with E-state index in [1.807, 2.05) is 0 Å². The molecule has 3 rings (SSSR count). The van der Waals surface area contributed by atoms with Crippen molar-refractivity contribution >= 4 is 33.3 Å². The van der Waals surface area contributed by atoms with Crippen molar-refractivity contribution in [1.82, 2.24) is 9.55 Å². The van der Waals surface area contributed by atoms with Gasteiger partial charge in [0.2, 0.25) is 0 Å². The van der Waals surface area contributed by atoms with Crippen LogP contribution < -0.4 is 5.56 Å². The number of carboxylic acids is 1. The molecule has 0 bridgehead atoms. The van der Waals surface area contributed by atoms with E-state index in [1.54, 1.807) is 6.92 Å². The number of carbonyl (C=O) groups excluding carboxylic acids is 1. The Morgan fingerprint density at radius 1 is 1.52 bits per heavy atom. The van der Waals surface area contributed by atoms with Crippen LogP contribution in [-0.2, 0) is 16.0 Å². The first-order valence-electron chi connectivity index (χ1n) is 6.67. The molecule has 110 valence electrons. The normalized spacial score (nSPS) is 18.7. The number of ketones is 1. The summed E-state index contributed by atoms with van der Waals surface area (Å²) in [5.74, 6) is -1.70. The molecule has 7 heteroatoms. The van der Waals surface area contributed by atoms with Crippen LogP contribution >= 0.6 is 11.3 Å². The number of Topliss-reactive ketones (excluding diaryl/α,β-unsaturated/α-hetero) is 1. The largest absolute Gasteiger partial charge is 0.481 e. The van der Waals surface area contributed by atoms with Crippen molar-refractivity contribution in [3.63, 3.8) is 0 Å². The molecule has 0 aliphatic heterocycles. The zero-order chi connectivity index (χ0) is 15.3. The summed E-state index contributed by atoms with van der Waals surface area (Å²) in [4.78, 5) is 41.2. The van der Waals surface area contributed by atoms with Gasteiger partial charge in [-0.1, -0.05) is 0 Å². The van der Waals surface area contributed by atoms with Crippen molar-refractivity contribution in [1.29, 1.82) is 0 Å². The van der Waals surface area contributed by atoms with Gasteiger partial charge in [-0.15, -0.1) is 11.3 Å². The van der Waals surface area contributed by atoms with Crippen LogP contribution in [0.3, 0.4) is 0 Å². The lowest BCUT2D eigenvalue weighted by Crippen LogP contribution is -2.27. The van der Waals surface area contributed by atoms with Gasteiger partial charge in [0.25, 0.3) is 5.56 Å². The van der Waals surface area contributed by atoms with Crippen LogP contribution in [0.25, 0.3) is 10.2 Å². The van der Waals surface area contributed by atoms with Crippen LogP contribution in [0.5, 0.6) is 0 Å². The van der Waals surface area contributed by atoms with Crippen molar-refractivity contribution in [2.24, 2.45) is 0 Å². The lowest BCUT2D eigenvalue weighted by Gasteiger charge is -2.12. The number of thiophene rings is 1. The second-order valence-electron chi connectivity index (χ2n) is 5.29. The van der Waals surface area contributed by atoms with Crippen molar-refractivity contribution < 1.29 is 14.7 Å². The molecule has 2 unspecified atom stereocenters. The molecule has 0 saturated carbocycles. The summed E-state index contributed by atoms with van der Waals surface area (Å²) >= 11 is 1.38. The number of fused-ring (bicyclic) bond motifs is 3. The fraction of sp³-hybridized carbons (Fsp3) is 0.429. The van der Waals surface area contributed by atoms with Gasteiger partial charge in [-0.05, 0) is 32.3 Å². The molecule has 21 heavy (non-hydrogen) atoms. The molecule has 6 nitrogen and oxygen atoms in total. The minimum absolute atomic E-state index is 0.139. The number of hydrogen-bond donors (Lipinski definition) is 1. The quantitative estimate of drug-likeness (QED) is 0.932. The Morgan fingerprint density at radius 3 is 2.86 bits per heavy atom. The molecule has 1 aliphatic carbocycles. The van der Waals surface area contributed by atoms with E-state index < -0.39 is 17.9 Å². The molecule has 2 aromatic heterocycles. The zero-order valence-electron chi connectivity index (χ0n) is 11.6. The fourth-order valence-electron chi connectivity index (χ4n) is 2.76. The molecule has 0 spiro atoms. The van der Waals surface area contributed by atoms with Gasteiger partial charge in [0, 0.05) is 4.88 Å². The van der Waals surface area contributed by atoms with Gasteiger partial charge >= 0.3 is 5.97 Å². The molecule has 0 amide bonds. The summed E-state index contributed by atoms with van der Waals surface area (Å²) in [6, 6.07) is -0.602. The van der Waals surface area contributed by atoms with Crippen molar-refractivity contribution in [3.05, 3.63) is 27.1 Å². The van der Waals surface area contributed by atoms with Gasteiger partial charge in [-0.25, -0.2) is 4.98 Å². The van der Waals surface area contributed by atoms with Gasteiger partial charge in [0.05, 0.1) is 23.7 Å². The third kappa shape index (κ3) is 1.99. The van der Waals surface area contributed by atoms with E-state index in [0.717, 1.165) is 4.88 Å². The van der Waals surface area contributed by atoms with Crippen molar-refractivity contribution in [3.8, 4) is 0 Å². The number of carbonyl (C=O) groups is 2. The number of carboxylic acid groups (broad SMARTS) is 1. The van der Waals surface area contributed by atoms with Gasteiger partial charge in [0.15, 0.2) is 5.78 Å². The first-order chi connectivity index (χ1) is 9.91. The first-order valence-corrected chi connectivity index (χ1v) is 7.49. The molecule has 2 heterocycles. The lowest BCUT2D eigenvalue weighted by atomic mass is 10.0. The molecule has 0 saturated heterocycles. The highest BCUT2D eigenvalue weighted by atomic mass is 32.1. The fourth-order valence-corrected chi connectivity index (χ4v) is 3.97. The summed E-state index contributed by atoms with van der Waals surface area (Å²) < 4.78 is 1.29. The van der Waals surface area contributed by atoms with Gasteiger partial charge < -0.3 is 5.11 Å². The predicted octanol–water partition coefficient (Wildman–Crippen LogP) is 1.72. The third-order valence-corrected chi connectivity index (χ3v) is 5.24. The van der Waals surface area contributed by atoms with E-state index in [9.17, 15) is 19.5 Å². The van der Waals surface area contributed by atoms with E-state index in [2.05, 4.69) is 4.98 Å². The summed E-state index contributed by atoms with van der Waals surface area (Å²) in [5.41, 5.74) is 0.276. The second kappa shape index (κ2) is 4.77. The Hall–Kier alpha value is -2.02. The molecule has 1 aliphatic rings. The average molecular weight is 306 g/mol. The Balaban J connectivity index is 2.29. The molecular formula is C14H14N2O4S. The number of aromatic nitrogens is 2. The Morgan fingerprint density at radius 2 is 2.24 bits per heavy atom. The van der Waals surface area contributed by atoms with Crippen LogP contribution in [0.2, 0.25) is 0 Å². The van der Waals surface area contributed by atoms with Crippen molar-refractivity contribution in [2.45, 2.75) is 38.6 Å². The maximum absolute atomic E-state index is 12.6. The smallest absolute Gasteiger partial charge is 0.311 e. The van der Waals surface area contributed by atoms with Gasteiger partial charge in [0.1, 0.15) is 4.83 Å². The predicted molar refractivity (Wildman–Crippen MR) is 78.0 cm³/mol. The Labute approximate surface area is 124 Å².